The first-order valence-corrected chi connectivity index (χ1v) is 5.56. The molecule has 0 fully saturated rings. The van der Waals surface area contributed by atoms with E-state index in [0.29, 0.717) is 18.1 Å². The van der Waals surface area contributed by atoms with Gasteiger partial charge in [-0.3, -0.25) is 9.69 Å². The molecule has 1 atom stereocenters. The van der Waals surface area contributed by atoms with Crippen LogP contribution in [-0.2, 0) is 4.79 Å². The summed E-state index contributed by atoms with van der Waals surface area (Å²) in [5, 5.41) is 0. The number of fused-ring (bicyclic) bond motifs is 1. The van der Waals surface area contributed by atoms with Gasteiger partial charge in [0.1, 0.15) is 0 Å². The molecule has 1 aromatic rings. The number of nitrogens with zero attached hydrogens (tertiary/aromatic N) is 2. The first-order valence-electron chi connectivity index (χ1n) is 4.77. The van der Waals surface area contributed by atoms with Gasteiger partial charge < -0.3 is 4.74 Å². The van der Waals surface area contributed by atoms with E-state index in [1.807, 2.05) is 13.0 Å². The molecule has 0 radical (unpaired) electrons. The number of halogens is 1. The van der Waals surface area contributed by atoms with Crippen molar-refractivity contribution in [3.8, 4) is 5.75 Å². The average molecular weight is 271 g/mol. The predicted octanol–water partition coefficient (Wildman–Crippen LogP) is 1.98. The Kier molecular flexibility index (Phi) is 2.65. The second-order valence-electron chi connectivity index (χ2n) is 3.32. The normalized spacial score (nSPS) is 19.8. The third kappa shape index (κ3) is 1.71. The predicted molar refractivity (Wildman–Crippen MR) is 60.1 cm³/mol. The Morgan fingerprint density at radius 3 is 3.07 bits per heavy atom. The first-order chi connectivity index (χ1) is 7.13. The van der Waals surface area contributed by atoms with Gasteiger partial charge in [0.05, 0.1) is 0 Å². The molecule has 0 saturated carbocycles. The zero-order valence-electron chi connectivity index (χ0n) is 8.53. The number of carbonyl (C=O) groups excluding carboxylic acids is 1. The molecule has 0 saturated heterocycles. The molecular weight excluding hydrogens is 260 g/mol. The second kappa shape index (κ2) is 3.81. The minimum absolute atomic E-state index is 0.0418. The van der Waals surface area contributed by atoms with Crippen molar-refractivity contribution in [1.82, 2.24) is 4.98 Å². The van der Waals surface area contributed by atoms with Crippen molar-refractivity contribution in [2.45, 2.75) is 20.0 Å². The monoisotopic (exact) mass is 270 g/mol. The molecule has 1 unspecified atom stereocenters. The van der Waals surface area contributed by atoms with Crippen molar-refractivity contribution in [2.24, 2.45) is 0 Å². The lowest BCUT2D eigenvalue weighted by Crippen LogP contribution is -2.44. The first kappa shape index (κ1) is 10.4. The van der Waals surface area contributed by atoms with Crippen LogP contribution in [0.4, 0.5) is 5.82 Å². The largest absolute Gasteiger partial charge is 0.477 e. The van der Waals surface area contributed by atoms with E-state index in [0.717, 1.165) is 4.47 Å². The quantitative estimate of drug-likeness (QED) is 0.784. The molecule has 1 amide bonds. The van der Waals surface area contributed by atoms with Crippen LogP contribution in [0.25, 0.3) is 0 Å². The molecular formula is C10H11BrN2O2. The summed E-state index contributed by atoms with van der Waals surface area (Å²) in [5.41, 5.74) is 0. The molecule has 0 bridgehead atoms. The lowest BCUT2D eigenvalue weighted by Gasteiger charge is -2.31. The van der Waals surface area contributed by atoms with Gasteiger partial charge in [0.15, 0.2) is 17.7 Å². The Morgan fingerprint density at radius 1 is 1.67 bits per heavy atom. The maximum absolute atomic E-state index is 11.8. The van der Waals surface area contributed by atoms with E-state index in [-0.39, 0.29) is 5.91 Å². The highest BCUT2D eigenvalue weighted by molar-refractivity contribution is 9.10. The number of amides is 1. The van der Waals surface area contributed by atoms with E-state index >= 15 is 0 Å². The van der Waals surface area contributed by atoms with Crippen molar-refractivity contribution in [3.63, 3.8) is 0 Å². The summed E-state index contributed by atoms with van der Waals surface area (Å²) in [4.78, 5) is 17.6. The van der Waals surface area contributed by atoms with Gasteiger partial charge in [0.2, 0.25) is 0 Å². The molecule has 0 spiro atoms. The highest BCUT2D eigenvalue weighted by Crippen LogP contribution is 2.33. The van der Waals surface area contributed by atoms with Gasteiger partial charge in [-0.1, -0.05) is 0 Å². The number of ether oxygens (including phenoxy) is 1. The third-order valence-electron chi connectivity index (χ3n) is 2.29. The fourth-order valence-electron chi connectivity index (χ4n) is 1.57. The van der Waals surface area contributed by atoms with Gasteiger partial charge in [-0.05, 0) is 35.8 Å². The fraction of sp³-hybridized carbons (Fsp3) is 0.400. The lowest BCUT2D eigenvalue weighted by molar-refractivity contribution is -0.125. The Bertz CT molecular complexity index is 408. The highest BCUT2D eigenvalue weighted by Gasteiger charge is 2.31. The molecule has 4 nitrogen and oxygen atoms in total. The van der Waals surface area contributed by atoms with Crippen LogP contribution in [0.3, 0.4) is 0 Å². The van der Waals surface area contributed by atoms with Gasteiger partial charge in [0, 0.05) is 17.2 Å². The van der Waals surface area contributed by atoms with E-state index < -0.39 is 6.10 Å². The molecule has 5 heteroatoms. The van der Waals surface area contributed by atoms with Gasteiger partial charge in [-0.2, -0.15) is 0 Å². The minimum atomic E-state index is -0.437. The van der Waals surface area contributed by atoms with Crippen LogP contribution < -0.4 is 9.64 Å². The topological polar surface area (TPSA) is 42.4 Å². The number of likely N-dealkylation sites (N-methyl/N-ethyl adjacent to an activating group) is 1. The average Bonchev–Trinajstić information content (AvgIpc) is 2.20. The summed E-state index contributed by atoms with van der Waals surface area (Å²) < 4.78 is 6.32. The van der Waals surface area contributed by atoms with Crippen molar-refractivity contribution in [1.29, 1.82) is 0 Å². The molecule has 0 N–H and O–H groups in total. The Balaban J connectivity index is 2.49. The molecule has 2 heterocycles. The summed E-state index contributed by atoms with van der Waals surface area (Å²) in [6.07, 6.45) is 1.22. The molecule has 0 aliphatic carbocycles. The van der Waals surface area contributed by atoms with Crippen LogP contribution >= 0.6 is 15.9 Å². The van der Waals surface area contributed by atoms with Crippen LogP contribution in [0.1, 0.15) is 13.8 Å². The molecule has 1 aliphatic heterocycles. The van der Waals surface area contributed by atoms with Crippen LogP contribution in [0.5, 0.6) is 5.75 Å². The van der Waals surface area contributed by atoms with Crippen LogP contribution in [0, 0.1) is 0 Å². The summed E-state index contributed by atoms with van der Waals surface area (Å²) >= 11 is 3.32. The number of pyridine rings is 1. The Labute approximate surface area is 96.4 Å². The van der Waals surface area contributed by atoms with Gasteiger partial charge >= 0.3 is 0 Å². The van der Waals surface area contributed by atoms with Crippen molar-refractivity contribution in [3.05, 3.63) is 16.7 Å². The maximum atomic E-state index is 11.8. The van der Waals surface area contributed by atoms with E-state index in [2.05, 4.69) is 20.9 Å². The third-order valence-corrected chi connectivity index (χ3v) is 2.72. The molecule has 80 valence electrons. The van der Waals surface area contributed by atoms with E-state index in [4.69, 9.17) is 4.74 Å². The number of aromatic nitrogens is 1. The maximum Gasteiger partial charge on any atom is 0.269 e. The van der Waals surface area contributed by atoms with Crippen molar-refractivity contribution >= 4 is 27.7 Å². The summed E-state index contributed by atoms with van der Waals surface area (Å²) in [7, 11) is 0. The number of rotatable bonds is 1. The highest BCUT2D eigenvalue weighted by atomic mass is 79.9. The van der Waals surface area contributed by atoms with Gasteiger partial charge in [0.25, 0.3) is 5.91 Å². The van der Waals surface area contributed by atoms with Crippen LogP contribution in [0.2, 0.25) is 0 Å². The van der Waals surface area contributed by atoms with E-state index in [1.165, 1.54) is 0 Å². The number of carbonyl (C=O) groups is 1. The number of hydrogen-bond donors (Lipinski definition) is 0. The minimum Gasteiger partial charge on any atom is -0.477 e. The molecule has 1 aliphatic rings. The van der Waals surface area contributed by atoms with E-state index in [9.17, 15) is 4.79 Å². The Hall–Kier alpha value is -1.10. The van der Waals surface area contributed by atoms with Crippen LogP contribution in [0.15, 0.2) is 16.7 Å². The molecule has 2 rings (SSSR count). The lowest BCUT2D eigenvalue weighted by atomic mass is 10.2. The zero-order chi connectivity index (χ0) is 11.0. The molecule has 1 aromatic heterocycles. The van der Waals surface area contributed by atoms with Crippen LogP contribution in [-0.4, -0.2) is 23.5 Å². The fourth-order valence-corrected chi connectivity index (χ4v) is 1.88. The van der Waals surface area contributed by atoms with Gasteiger partial charge in [-0.25, -0.2) is 4.98 Å². The summed E-state index contributed by atoms with van der Waals surface area (Å²) in [6.45, 7) is 4.27. The SMILES string of the molecule is CCN1C(=O)C(C)Oc2cc(Br)cnc21. The smallest absolute Gasteiger partial charge is 0.269 e. The van der Waals surface area contributed by atoms with Gasteiger partial charge in [-0.15, -0.1) is 0 Å². The molecule has 15 heavy (non-hydrogen) atoms. The second-order valence-corrected chi connectivity index (χ2v) is 4.23. The Morgan fingerprint density at radius 2 is 2.40 bits per heavy atom. The molecule has 0 aromatic carbocycles. The zero-order valence-corrected chi connectivity index (χ0v) is 10.1. The standard InChI is InChI=1S/C10H11BrN2O2/c1-3-13-9-8(4-7(11)5-12-9)15-6(2)10(13)14/h4-6H,3H2,1-2H3. The van der Waals surface area contributed by atoms with Crippen molar-refractivity contribution < 1.29 is 9.53 Å². The summed E-state index contributed by atoms with van der Waals surface area (Å²) in [6, 6.07) is 1.83. The number of anilines is 1. The summed E-state index contributed by atoms with van der Waals surface area (Å²) in [5.74, 6) is 1.21. The number of hydrogen-bond acceptors (Lipinski definition) is 3. The van der Waals surface area contributed by atoms with E-state index in [1.54, 1.807) is 18.0 Å². The van der Waals surface area contributed by atoms with Crippen molar-refractivity contribution in [2.75, 3.05) is 11.4 Å².